The van der Waals surface area contributed by atoms with Gasteiger partial charge in [0, 0.05) is 30.2 Å². The number of aryl methyl sites for hydroxylation is 2. The summed E-state index contributed by atoms with van der Waals surface area (Å²) < 4.78 is 2.78. The molecule has 0 spiro atoms. The maximum Gasteiger partial charge on any atom is 0.322 e. The van der Waals surface area contributed by atoms with Gasteiger partial charge >= 0.3 is 11.1 Å². The highest BCUT2D eigenvalue weighted by molar-refractivity contribution is 6.34. The fourth-order valence-electron chi connectivity index (χ4n) is 5.79. The Kier molecular flexibility index (Phi) is 6.81. The largest absolute Gasteiger partial charge is 0.334 e. The van der Waals surface area contributed by atoms with Crippen molar-refractivity contribution in [3.63, 3.8) is 0 Å². The van der Waals surface area contributed by atoms with E-state index in [0.29, 0.717) is 40.6 Å². The molecule has 1 saturated heterocycles. The normalized spacial score (nSPS) is 15.0. The number of rotatable bonds is 6. The number of nitrogens with one attached hydrogen (secondary N) is 1. The highest BCUT2D eigenvalue weighted by atomic mass is 35.5. The summed E-state index contributed by atoms with van der Waals surface area (Å²) in [4.78, 5) is 51.6. The SMILES string of the molecule is C=CC(=O)N1CC[C@@H]1Cn1c(=O)c(=O)n(-c2c(C)ccnc2C(C)C)c2nc(-c3c(C)ccc4[nH]ncc34)c(Cl)cc21. The highest BCUT2D eigenvalue weighted by Gasteiger charge is 2.33. The lowest BCUT2D eigenvalue weighted by atomic mass is 10.0. The van der Waals surface area contributed by atoms with Gasteiger partial charge in [0.2, 0.25) is 5.91 Å². The Balaban J connectivity index is 1.71. The third kappa shape index (κ3) is 4.25. The summed E-state index contributed by atoms with van der Waals surface area (Å²) in [5.41, 5.74) is 4.15. The van der Waals surface area contributed by atoms with E-state index < -0.39 is 11.1 Å². The van der Waals surface area contributed by atoms with Crippen molar-refractivity contribution in [1.29, 1.82) is 0 Å². The third-order valence-corrected chi connectivity index (χ3v) is 8.35. The predicted octanol–water partition coefficient (Wildman–Crippen LogP) is 4.67. The van der Waals surface area contributed by atoms with Gasteiger partial charge in [0.15, 0.2) is 5.65 Å². The zero-order valence-corrected chi connectivity index (χ0v) is 24.6. The molecule has 214 valence electrons. The Morgan fingerprint density at radius 3 is 2.67 bits per heavy atom. The molecule has 0 saturated carbocycles. The first kappa shape index (κ1) is 27.6. The number of carbonyl (C=O) groups is 1. The van der Waals surface area contributed by atoms with E-state index in [-0.39, 0.29) is 30.1 Å². The molecule has 0 radical (unpaired) electrons. The van der Waals surface area contributed by atoms with E-state index in [1.165, 1.54) is 15.2 Å². The van der Waals surface area contributed by atoms with Gasteiger partial charge in [-0.3, -0.25) is 33.6 Å². The Hall–Kier alpha value is -4.57. The molecule has 10 nitrogen and oxygen atoms in total. The molecule has 5 heterocycles. The van der Waals surface area contributed by atoms with Crippen LogP contribution >= 0.6 is 11.6 Å². The summed E-state index contributed by atoms with van der Waals surface area (Å²) in [7, 11) is 0. The van der Waals surface area contributed by atoms with Gasteiger partial charge in [0.25, 0.3) is 0 Å². The first-order valence-electron chi connectivity index (χ1n) is 13.8. The molecule has 1 N–H and O–H groups in total. The monoisotopic (exact) mass is 583 g/mol. The van der Waals surface area contributed by atoms with Crippen molar-refractivity contribution < 1.29 is 4.79 Å². The van der Waals surface area contributed by atoms with E-state index in [1.54, 1.807) is 23.4 Å². The lowest BCUT2D eigenvalue weighted by Crippen LogP contribution is -2.54. The van der Waals surface area contributed by atoms with Crippen LogP contribution in [0.2, 0.25) is 5.02 Å². The minimum absolute atomic E-state index is 0.0357. The summed E-state index contributed by atoms with van der Waals surface area (Å²) in [5, 5.41) is 8.34. The van der Waals surface area contributed by atoms with Gasteiger partial charge in [-0.25, -0.2) is 4.98 Å². The number of carbonyl (C=O) groups excluding carboxylic acids is 1. The number of aromatic amines is 1. The van der Waals surface area contributed by atoms with Crippen LogP contribution in [0.3, 0.4) is 0 Å². The molecule has 1 amide bonds. The van der Waals surface area contributed by atoms with Crippen molar-refractivity contribution in [2.24, 2.45) is 0 Å². The quantitative estimate of drug-likeness (QED) is 0.229. The Labute approximate surface area is 246 Å². The van der Waals surface area contributed by atoms with Crippen molar-refractivity contribution in [2.45, 2.75) is 52.6 Å². The van der Waals surface area contributed by atoms with Crippen molar-refractivity contribution in [1.82, 2.24) is 34.2 Å². The molecule has 1 fully saturated rings. The molecule has 1 atom stereocenters. The fraction of sp³-hybridized carbons (Fsp3) is 0.290. The Morgan fingerprint density at radius 2 is 1.98 bits per heavy atom. The van der Waals surface area contributed by atoms with Crippen molar-refractivity contribution in [3.05, 3.63) is 91.9 Å². The van der Waals surface area contributed by atoms with Gasteiger partial charge in [-0.05, 0) is 61.6 Å². The summed E-state index contributed by atoms with van der Waals surface area (Å²) in [5.74, 6) is -0.252. The Bertz CT molecular complexity index is 2040. The van der Waals surface area contributed by atoms with E-state index in [0.717, 1.165) is 27.6 Å². The van der Waals surface area contributed by atoms with E-state index in [9.17, 15) is 14.4 Å². The van der Waals surface area contributed by atoms with Crippen LogP contribution in [0.1, 0.15) is 43.0 Å². The predicted molar refractivity (Wildman–Crippen MR) is 163 cm³/mol. The molecule has 0 aliphatic carbocycles. The van der Waals surface area contributed by atoms with Crippen molar-refractivity contribution in [2.75, 3.05) is 6.54 Å². The average Bonchev–Trinajstić information content (AvgIpc) is 3.42. The van der Waals surface area contributed by atoms with Gasteiger partial charge in [0.05, 0.1) is 45.4 Å². The molecule has 1 aliphatic rings. The van der Waals surface area contributed by atoms with Crippen molar-refractivity contribution in [3.8, 4) is 16.9 Å². The molecule has 11 heteroatoms. The van der Waals surface area contributed by atoms with Crippen LogP contribution in [0.4, 0.5) is 0 Å². The number of hydrogen-bond donors (Lipinski definition) is 1. The molecule has 1 aromatic carbocycles. The molecular weight excluding hydrogens is 554 g/mol. The second kappa shape index (κ2) is 10.4. The van der Waals surface area contributed by atoms with Crippen LogP contribution in [0.15, 0.2) is 58.9 Å². The number of likely N-dealkylation sites (tertiary alicyclic amines) is 1. The number of aromatic nitrogens is 6. The van der Waals surface area contributed by atoms with E-state index in [2.05, 4.69) is 21.8 Å². The van der Waals surface area contributed by atoms with Gasteiger partial charge in [-0.15, -0.1) is 0 Å². The molecule has 6 rings (SSSR count). The van der Waals surface area contributed by atoms with Gasteiger partial charge in [-0.1, -0.05) is 38.1 Å². The van der Waals surface area contributed by atoms with Crippen molar-refractivity contribution >= 4 is 39.6 Å². The maximum absolute atomic E-state index is 14.1. The molecule has 1 aliphatic heterocycles. The molecule has 5 aromatic rings. The van der Waals surface area contributed by atoms with Crippen LogP contribution in [0, 0.1) is 13.8 Å². The molecular formula is C31H30ClN7O3. The summed E-state index contributed by atoms with van der Waals surface area (Å²) in [6.45, 7) is 12.1. The zero-order valence-electron chi connectivity index (χ0n) is 23.8. The molecule has 0 bridgehead atoms. The number of benzene rings is 1. The number of hydrogen-bond acceptors (Lipinski definition) is 6. The number of H-pyrrole nitrogens is 1. The highest BCUT2D eigenvalue weighted by Crippen LogP contribution is 2.36. The van der Waals surface area contributed by atoms with Crippen LogP contribution in [0.25, 0.3) is 39.0 Å². The zero-order chi connectivity index (χ0) is 29.9. The number of halogens is 1. The second-order valence-corrected chi connectivity index (χ2v) is 11.4. The van der Waals surface area contributed by atoms with Crippen LogP contribution in [0.5, 0.6) is 0 Å². The minimum atomic E-state index is -0.750. The summed E-state index contributed by atoms with van der Waals surface area (Å²) in [6, 6.07) is 7.13. The van der Waals surface area contributed by atoms with Crippen LogP contribution in [-0.2, 0) is 11.3 Å². The first-order valence-corrected chi connectivity index (χ1v) is 14.2. The van der Waals surface area contributed by atoms with E-state index in [4.69, 9.17) is 16.6 Å². The summed E-state index contributed by atoms with van der Waals surface area (Å²) >= 11 is 6.95. The number of nitrogens with zero attached hydrogens (tertiary/aromatic N) is 6. The summed E-state index contributed by atoms with van der Waals surface area (Å²) in [6.07, 6.45) is 5.37. The number of pyridine rings is 2. The minimum Gasteiger partial charge on any atom is -0.334 e. The van der Waals surface area contributed by atoms with E-state index in [1.807, 2.05) is 45.9 Å². The number of amides is 1. The maximum atomic E-state index is 14.1. The van der Waals surface area contributed by atoms with Crippen LogP contribution < -0.4 is 11.1 Å². The smallest absolute Gasteiger partial charge is 0.322 e. The first-order chi connectivity index (χ1) is 20.1. The second-order valence-electron chi connectivity index (χ2n) is 11.0. The lowest BCUT2D eigenvalue weighted by molar-refractivity contribution is -0.133. The molecule has 4 aromatic heterocycles. The van der Waals surface area contributed by atoms with Gasteiger partial charge in [0.1, 0.15) is 0 Å². The molecule has 42 heavy (non-hydrogen) atoms. The average molecular weight is 584 g/mol. The van der Waals surface area contributed by atoms with Gasteiger partial charge < -0.3 is 4.90 Å². The van der Waals surface area contributed by atoms with Crippen LogP contribution in [-0.4, -0.2) is 52.7 Å². The van der Waals surface area contributed by atoms with E-state index >= 15 is 0 Å². The standard InChI is InChI=1S/C31H30ClN7O3/c1-6-24(40)37-12-10-19(37)15-38-23-13-21(32)27(25-17(4)7-8-22-20(25)14-34-36-22)35-29(23)39(31(42)30(38)41)28-18(5)9-11-33-26(28)16(2)3/h6-9,11,13-14,16,19H,1,10,12,15H2,2-5H3,(H,34,36)/t19-/m1/s1. The topological polar surface area (TPSA) is 119 Å². The Morgan fingerprint density at radius 1 is 1.19 bits per heavy atom. The lowest BCUT2D eigenvalue weighted by Gasteiger charge is -2.40. The molecule has 0 unspecified atom stereocenters. The third-order valence-electron chi connectivity index (χ3n) is 8.06. The fourth-order valence-corrected chi connectivity index (χ4v) is 6.03. The van der Waals surface area contributed by atoms with Gasteiger partial charge in [-0.2, -0.15) is 5.10 Å². The number of fused-ring (bicyclic) bond motifs is 2.